The number of hydrogen-bond donors (Lipinski definition) is 0. The van der Waals surface area contributed by atoms with Crippen molar-refractivity contribution in [1.29, 1.82) is 0 Å². The molecule has 1 aliphatic carbocycles. The molecule has 3 aliphatic rings. The fourth-order valence-electron chi connectivity index (χ4n) is 3.62. The highest BCUT2D eigenvalue weighted by Gasteiger charge is 2.33. The molecular formula is C17H27N5. The Morgan fingerprint density at radius 1 is 1.09 bits per heavy atom. The van der Waals surface area contributed by atoms with Gasteiger partial charge in [-0.25, -0.2) is 9.97 Å². The maximum Gasteiger partial charge on any atom is 0.131 e. The van der Waals surface area contributed by atoms with Crippen molar-refractivity contribution in [1.82, 2.24) is 24.7 Å². The second kappa shape index (κ2) is 6.22. The number of rotatable bonds is 5. The van der Waals surface area contributed by atoms with Crippen LogP contribution in [-0.4, -0.2) is 76.5 Å². The van der Waals surface area contributed by atoms with Gasteiger partial charge in [-0.3, -0.25) is 9.80 Å². The van der Waals surface area contributed by atoms with E-state index in [4.69, 9.17) is 4.98 Å². The third-order valence-electron chi connectivity index (χ3n) is 5.37. The molecule has 3 heterocycles. The molecule has 0 aromatic carbocycles. The summed E-state index contributed by atoms with van der Waals surface area (Å²) in [6, 6.07) is 2.85. The molecule has 1 aromatic heterocycles. The molecule has 4 rings (SSSR count). The van der Waals surface area contributed by atoms with Crippen LogP contribution in [0.15, 0.2) is 12.3 Å². The molecule has 5 nitrogen and oxygen atoms in total. The first-order valence-corrected chi connectivity index (χ1v) is 8.82. The van der Waals surface area contributed by atoms with Crippen LogP contribution in [0.25, 0.3) is 0 Å². The second-order valence-electron chi connectivity index (χ2n) is 7.00. The zero-order valence-electron chi connectivity index (χ0n) is 13.6. The number of likely N-dealkylation sites (N-methyl/N-ethyl adjacent to an activating group) is 1. The van der Waals surface area contributed by atoms with Crippen LogP contribution in [0.3, 0.4) is 0 Å². The van der Waals surface area contributed by atoms with Crippen LogP contribution in [-0.2, 0) is 6.54 Å². The molecule has 0 unspecified atom stereocenters. The fourth-order valence-corrected chi connectivity index (χ4v) is 3.62. The molecule has 2 aliphatic heterocycles. The van der Waals surface area contributed by atoms with E-state index in [-0.39, 0.29) is 0 Å². The second-order valence-corrected chi connectivity index (χ2v) is 7.00. The molecule has 120 valence electrons. The number of piperazine rings is 1. The Morgan fingerprint density at radius 2 is 1.86 bits per heavy atom. The van der Waals surface area contributed by atoms with Gasteiger partial charge in [-0.2, -0.15) is 0 Å². The smallest absolute Gasteiger partial charge is 0.131 e. The minimum Gasteiger partial charge on any atom is -0.301 e. The van der Waals surface area contributed by atoms with Crippen molar-refractivity contribution in [2.24, 2.45) is 0 Å². The predicted molar refractivity (Wildman–Crippen MR) is 86.8 cm³/mol. The minimum atomic E-state index is 0.652. The van der Waals surface area contributed by atoms with Crippen molar-refractivity contribution in [2.75, 3.05) is 45.8 Å². The first-order valence-electron chi connectivity index (χ1n) is 8.82. The summed E-state index contributed by atoms with van der Waals surface area (Å²) in [5.41, 5.74) is 1.20. The number of hydrogen-bond acceptors (Lipinski definition) is 5. The first kappa shape index (κ1) is 14.5. The molecule has 3 fully saturated rings. The lowest BCUT2D eigenvalue weighted by Gasteiger charge is -2.48. The molecule has 0 N–H and O–H groups in total. The average Bonchev–Trinajstić information content (AvgIpc) is 3.36. The highest BCUT2D eigenvalue weighted by Crippen LogP contribution is 2.37. The van der Waals surface area contributed by atoms with Gasteiger partial charge in [0.1, 0.15) is 5.82 Å². The van der Waals surface area contributed by atoms with Crippen molar-refractivity contribution in [2.45, 2.75) is 38.3 Å². The third kappa shape index (κ3) is 3.16. The Balaban J connectivity index is 1.24. The van der Waals surface area contributed by atoms with E-state index < -0.39 is 0 Å². The van der Waals surface area contributed by atoms with E-state index in [1.54, 1.807) is 0 Å². The van der Waals surface area contributed by atoms with Gasteiger partial charge in [0.2, 0.25) is 0 Å². The zero-order chi connectivity index (χ0) is 14.9. The molecule has 2 saturated heterocycles. The number of likely N-dealkylation sites (tertiary alicyclic amines) is 1. The Hall–Kier alpha value is -1.04. The van der Waals surface area contributed by atoms with E-state index in [1.165, 1.54) is 64.3 Å². The third-order valence-corrected chi connectivity index (χ3v) is 5.37. The van der Waals surface area contributed by atoms with E-state index in [0.29, 0.717) is 5.92 Å². The Kier molecular flexibility index (Phi) is 4.11. The van der Waals surface area contributed by atoms with Gasteiger partial charge in [-0.05, 0) is 25.5 Å². The van der Waals surface area contributed by atoms with E-state index in [9.17, 15) is 0 Å². The van der Waals surface area contributed by atoms with Gasteiger partial charge in [0.05, 0.1) is 5.69 Å². The van der Waals surface area contributed by atoms with Gasteiger partial charge in [0.15, 0.2) is 0 Å². The van der Waals surface area contributed by atoms with Crippen LogP contribution in [0.4, 0.5) is 0 Å². The first-order chi connectivity index (χ1) is 10.8. The minimum absolute atomic E-state index is 0.652. The van der Waals surface area contributed by atoms with E-state index in [0.717, 1.165) is 18.4 Å². The molecule has 0 spiro atoms. The van der Waals surface area contributed by atoms with Gasteiger partial charge < -0.3 is 4.90 Å². The van der Waals surface area contributed by atoms with E-state index in [1.807, 2.05) is 6.20 Å². The lowest BCUT2D eigenvalue weighted by atomic mass is 10.1. The Labute approximate surface area is 133 Å². The van der Waals surface area contributed by atoms with Gasteiger partial charge in [-0.1, -0.05) is 6.92 Å². The fraction of sp³-hybridized carbons (Fsp3) is 0.765. The van der Waals surface area contributed by atoms with Crippen LogP contribution in [0, 0.1) is 0 Å². The van der Waals surface area contributed by atoms with Crippen molar-refractivity contribution in [3.05, 3.63) is 23.8 Å². The monoisotopic (exact) mass is 301 g/mol. The molecule has 1 aromatic rings. The van der Waals surface area contributed by atoms with Crippen molar-refractivity contribution >= 4 is 0 Å². The van der Waals surface area contributed by atoms with Gasteiger partial charge in [-0.15, -0.1) is 0 Å². The number of aromatic nitrogens is 2. The van der Waals surface area contributed by atoms with Crippen LogP contribution >= 0.6 is 0 Å². The van der Waals surface area contributed by atoms with Crippen LogP contribution in [0.2, 0.25) is 0 Å². The van der Waals surface area contributed by atoms with Gasteiger partial charge >= 0.3 is 0 Å². The highest BCUT2D eigenvalue weighted by atomic mass is 15.3. The van der Waals surface area contributed by atoms with Crippen molar-refractivity contribution in [3.8, 4) is 0 Å². The SMILES string of the molecule is CCN1CCN(C2CN(Cc3ccnc(C4CC4)n3)C2)CC1. The molecule has 22 heavy (non-hydrogen) atoms. The summed E-state index contributed by atoms with van der Waals surface area (Å²) in [5, 5.41) is 0. The number of nitrogens with zero attached hydrogens (tertiary/aromatic N) is 5. The van der Waals surface area contributed by atoms with Gasteiger partial charge in [0, 0.05) is 64.0 Å². The largest absolute Gasteiger partial charge is 0.301 e. The Bertz CT molecular complexity index is 502. The van der Waals surface area contributed by atoms with Crippen molar-refractivity contribution < 1.29 is 0 Å². The summed E-state index contributed by atoms with van der Waals surface area (Å²) in [5.74, 6) is 1.73. The average molecular weight is 301 g/mol. The maximum absolute atomic E-state index is 4.74. The Morgan fingerprint density at radius 3 is 2.55 bits per heavy atom. The molecule has 0 amide bonds. The summed E-state index contributed by atoms with van der Waals surface area (Å²) < 4.78 is 0. The summed E-state index contributed by atoms with van der Waals surface area (Å²) in [4.78, 5) is 16.9. The van der Waals surface area contributed by atoms with Crippen molar-refractivity contribution in [3.63, 3.8) is 0 Å². The lowest BCUT2D eigenvalue weighted by molar-refractivity contribution is 0.00154. The molecule has 5 heteroatoms. The summed E-state index contributed by atoms with van der Waals surface area (Å²) in [7, 11) is 0. The van der Waals surface area contributed by atoms with E-state index in [2.05, 4.69) is 32.7 Å². The van der Waals surface area contributed by atoms with E-state index >= 15 is 0 Å². The summed E-state index contributed by atoms with van der Waals surface area (Å²) in [6.45, 7) is 11.8. The summed E-state index contributed by atoms with van der Waals surface area (Å²) in [6.07, 6.45) is 4.50. The molecular weight excluding hydrogens is 274 g/mol. The van der Waals surface area contributed by atoms with Crippen LogP contribution in [0.1, 0.15) is 37.2 Å². The van der Waals surface area contributed by atoms with Crippen LogP contribution in [0.5, 0.6) is 0 Å². The topological polar surface area (TPSA) is 35.5 Å². The normalized spacial score (nSPS) is 25.3. The highest BCUT2D eigenvalue weighted by molar-refractivity contribution is 5.10. The lowest BCUT2D eigenvalue weighted by Crippen LogP contribution is -2.62. The predicted octanol–water partition coefficient (Wildman–Crippen LogP) is 1.18. The maximum atomic E-state index is 4.74. The quantitative estimate of drug-likeness (QED) is 0.816. The molecule has 0 radical (unpaired) electrons. The zero-order valence-corrected chi connectivity index (χ0v) is 13.6. The molecule has 0 atom stereocenters. The van der Waals surface area contributed by atoms with Gasteiger partial charge in [0.25, 0.3) is 0 Å². The summed E-state index contributed by atoms with van der Waals surface area (Å²) >= 11 is 0. The molecule has 1 saturated carbocycles. The molecule has 0 bridgehead atoms. The standard InChI is InChI=1S/C17H27N5/c1-2-20-7-9-22(10-8-20)16-12-21(13-16)11-15-5-6-18-17(19-15)14-3-4-14/h5-6,14,16H,2-4,7-13H2,1H3. The van der Waals surface area contributed by atoms with Crippen LogP contribution < -0.4 is 0 Å².